The molecule has 106 valence electrons. The summed E-state index contributed by atoms with van der Waals surface area (Å²) in [6.45, 7) is 14.4. The Morgan fingerprint density at radius 1 is 1.21 bits per heavy atom. The topological polar surface area (TPSA) is 15.3 Å². The van der Waals surface area contributed by atoms with E-state index in [-0.39, 0.29) is 0 Å². The molecule has 1 rings (SSSR count). The van der Waals surface area contributed by atoms with Gasteiger partial charge < -0.3 is 5.32 Å². The van der Waals surface area contributed by atoms with Crippen LogP contribution < -0.4 is 5.32 Å². The molecule has 0 fully saturated rings. The van der Waals surface area contributed by atoms with Crippen molar-refractivity contribution in [2.75, 3.05) is 19.6 Å². The molecule has 0 aliphatic carbocycles. The van der Waals surface area contributed by atoms with Crippen LogP contribution in [0.15, 0.2) is 36.9 Å². The van der Waals surface area contributed by atoms with Crippen molar-refractivity contribution in [3.05, 3.63) is 48.0 Å². The Labute approximate surface area is 118 Å². The van der Waals surface area contributed by atoms with Crippen LogP contribution in [0.5, 0.6) is 0 Å². The van der Waals surface area contributed by atoms with E-state index in [4.69, 9.17) is 0 Å². The minimum Gasteiger partial charge on any atom is -0.314 e. The Balaban J connectivity index is 2.44. The van der Waals surface area contributed by atoms with Crippen LogP contribution in [-0.4, -0.2) is 30.6 Å². The molecule has 19 heavy (non-hydrogen) atoms. The lowest BCUT2D eigenvalue weighted by atomic mass is 10.1. The van der Waals surface area contributed by atoms with E-state index < -0.39 is 0 Å². The zero-order valence-corrected chi connectivity index (χ0v) is 12.7. The van der Waals surface area contributed by atoms with Gasteiger partial charge >= 0.3 is 0 Å². The molecule has 0 spiro atoms. The third kappa shape index (κ3) is 6.55. The van der Waals surface area contributed by atoms with Gasteiger partial charge in [0.2, 0.25) is 0 Å². The van der Waals surface area contributed by atoms with Gasteiger partial charge in [0.15, 0.2) is 0 Å². The minimum atomic E-state index is 0.566. The van der Waals surface area contributed by atoms with E-state index >= 15 is 0 Å². The second-order valence-electron chi connectivity index (χ2n) is 5.29. The van der Waals surface area contributed by atoms with Crippen LogP contribution in [0, 0.1) is 0 Å². The van der Waals surface area contributed by atoms with Crippen molar-refractivity contribution in [2.45, 2.75) is 39.8 Å². The van der Waals surface area contributed by atoms with Gasteiger partial charge in [0.25, 0.3) is 0 Å². The van der Waals surface area contributed by atoms with Gasteiger partial charge in [0.1, 0.15) is 0 Å². The summed E-state index contributed by atoms with van der Waals surface area (Å²) in [5.41, 5.74) is 2.79. The lowest BCUT2D eigenvalue weighted by Crippen LogP contribution is -2.25. The summed E-state index contributed by atoms with van der Waals surface area (Å²) in [7, 11) is 0. The highest BCUT2D eigenvalue weighted by Gasteiger charge is 2.02. The van der Waals surface area contributed by atoms with E-state index in [9.17, 15) is 0 Å². The summed E-state index contributed by atoms with van der Waals surface area (Å²) >= 11 is 0. The fraction of sp³-hybridized carbons (Fsp3) is 0.529. The zero-order valence-electron chi connectivity index (χ0n) is 12.7. The average Bonchev–Trinajstić information content (AvgIpc) is 2.39. The highest BCUT2D eigenvalue weighted by atomic mass is 15.1. The lowest BCUT2D eigenvalue weighted by Gasteiger charge is -2.18. The number of nitrogens with zero attached hydrogens (tertiary/aromatic N) is 1. The van der Waals surface area contributed by atoms with E-state index in [1.54, 1.807) is 0 Å². The molecule has 0 heterocycles. The number of likely N-dealkylation sites (N-methyl/N-ethyl adjacent to an activating group) is 1. The first kappa shape index (κ1) is 15.9. The van der Waals surface area contributed by atoms with Gasteiger partial charge in [-0.15, -0.1) is 6.58 Å². The zero-order chi connectivity index (χ0) is 14.1. The molecule has 1 aromatic rings. The van der Waals surface area contributed by atoms with Crippen molar-refractivity contribution in [3.8, 4) is 0 Å². The summed E-state index contributed by atoms with van der Waals surface area (Å²) < 4.78 is 0. The quantitative estimate of drug-likeness (QED) is 0.686. The van der Waals surface area contributed by atoms with Crippen molar-refractivity contribution < 1.29 is 0 Å². The van der Waals surface area contributed by atoms with Crippen molar-refractivity contribution in [3.63, 3.8) is 0 Å². The maximum absolute atomic E-state index is 3.80. The second-order valence-corrected chi connectivity index (χ2v) is 5.29. The van der Waals surface area contributed by atoms with Crippen LogP contribution in [0.25, 0.3) is 0 Å². The van der Waals surface area contributed by atoms with Gasteiger partial charge in [-0.3, -0.25) is 4.90 Å². The van der Waals surface area contributed by atoms with E-state index in [0.29, 0.717) is 6.04 Å². The summed E-state index contributed by atoms with van der Waals surface area (Å²) in [4.78, 5) is 2.38. The largest absolute Gasteiger partial charge is 0.314 e. The molecule has 0 saturated carbocycles. The first-order chi connectivity index (χ1) is 9.15. The van der Waals surface area contributed by atoms with Crippen LogP contribution in [0.1, 0.15) is 31.9 Å². The predicted molar refractivity (Wildman–Crippen MR) is 84.4 cm³/mol. The van der Waals surface area contributed by atoms with Crippen molar-refractivity contribution >= 4 is 0 Å². The number of hydrogen-bond donors (Lipinski definition) is 1. The smallest absolute Gasteiger partial charge is 0.0236 e. The fourth-order valence-electron chi connectivity index (χ4n) is 2.06. The molecule has 0 aliphatic rings. The van der Waals surface area contributed by atoms with Gasteiger partial charge in [0.05, 0.1) is 0 Å². The molecule has 0 unspecified atom stereocenters. The second kappa shape index (κ2) is 8.89. The molecular formula is C17H28N2. The lowest BCUT2D eigenvalue weighted by molar-refractivity contribution is 0.311. The summed E-state index contributed by atoms with van der Waals surface area (Å²) in [6, 6.07) is 9.56. The van der Waals surface area contributed by atoms with Gasteiger partial charge in [-0.25, -0.2) is 0 Å². The Bertz CT molecular complexity index is 354. The third-order valence-corrected chi connectivity index (χ3v) is 3.23. The van der Waals surface area contributed by atoms with Crippen LogP contribution in [0.3, 0.4) is 0 Å². The predicted octanol–water partition coefficient (Wildman–Crippen LogP) is 3.24. The summed E-state index contributed by atoms with van der Waals surface area (Å²) in [5, 5.41) is 3.45. The van der Waals surface area contributed by atoms with Gasteiger partial charge in [-0.1, -0.05) is 51.1 Å². The molecule has 1 N–H and O–H groups in total. The molecule has 1 aromatic carbocycles. The molecule has 0 aromatic heterocycles. The molecule has 0 bridgehead atoms. The first-order valence-electron chi connectivity index (χ1n) is 7.30. The Morgan fingerprint density at radius 3 is 2.37 bits per heavy atom. The minimum absolute atomic E-state index is 0.566. The normalized spacial score (nSPS) is 11.2. The molecule has 0 atom stereocenters. The van der Waals surface area contributed by atoms with Crippen LogP contribution in [-0.2, 0) is 13.0 Å². The molecule has 0 saturated heterocycles. The van der Waals surface area contributed by atoms with Crippen molar-refractivity contribution in [2.24, 2.45) is 0 Å². The van der Waals surface area contributed by atoms with Crippen LogP contribution in [0.4, 0.5) is 0 Å². The Kier molecular flexibility index (Phi) is 7.46. The van der Waals surface area contributed by atoms with Gasteiger partial charge in [-0.2, -0.15) is 0 Å². The Morgan fingerprint density at radius 2 is 1.84 bits per heavy atom. The molecule has 2 nitrogen and oxygen atoms in total. The van der Waals surface area contributed by atoms with Gasteiger partial charge in [0, 0.05) is 19.1 Å². The maximum Gasteiger partial charge on any atom is 0.0236 e. The Hall–Kier alpha value is -1.12. The van der Waals surface area contributed by atoms with Crippen LogP contribution in [0.2, 0.25) is 0 Å². The SMILES string of the molecule is C=CCN(CC)Cc1ccc(CCNC(C)C)cc1. The molecule has 0 radical (unpaired) electrons. The number of hydrogen-bond acceptors (Lipinski definition) is 2. The van der Waals surface area contributed by atoms with E-state index in [1.807, 2.05) is 6.08 Å². The molecule has 0 aliphatic heterocycles. The summed E-state index contributed by atoms with van der Waals surface area (Å²) in [6.07, 6.45) is 3.07. The standard InChI is InChI=1S/C17H28N2/c1-5-13-19(6-2)14-17-9-7-16(8-10-17)11-12-18-15(3)4/h5,7-10,15,18H,1,6,11-14H2,2-4H3. The maximum atomic E-state index is 3.80. The van der Waals surface area contributed by atoms with E-state index in [0.717, 1.165) is 32.6 Å². The van der Waals surface area contributed by atoms with E-state index in [1.165, 1.54) is 11.1 Å². The average molecular weight is 260 g/mol. The van der Waals surface area contributed by atoms with Crippen molar-refractivity contribution in [1.29, 1.82) is 0 Å². The monoisotopic (exact) mass is 260 g/mol. The molecular weight excluding hydrogens is 232 g/mol. The third-order valence-electron chi connectivity index (χ3n) is 3.23. The van der Waals surface area contributed by atoms with Gasteiger partial charge in [-0.05, 0) is 30.6 Å². The molecule has 0 amide bonds. The fourth-order valence-corrected chi connectivity index (χ4v) is 2.06. The molecule has 2 heteroatoms. The van der Waals surface area contributed by atoms with Crippen molar-refractivity contribution in [1.82, 2.24) is 10.2 Å². The number of rotatable bonds is 9. The number of benzene rings is 1. The van der Waals surface area contributed by atoms with Crippen LogP contribution >= 0.6 is 0 Å². The highest BCUT2D eigenvalue weighted by Crippen LogP contribution is 2.08. The first-order valence-corrected chi connectivity index (χ1v) is 7.30. The van der Waals surface area contributed by atoms with E-state index in [2.05, 4.69) is 61.8 Å². The number of nitrogens with one attached hydrogen (secondary N) is 1. The summed E-state index contributed by atoms with van der Waals surface area (Å²) in [5.74, 6) is 0. The highest BCUT2D eigenvalue weighted by molar-refractivity contribution is 5.22.